The number of aromatic nitrogens is 1. The largest absolute Gasteiger partial charge is 0.491 e. The molecule has 0 fully saturated rings. The number of methoxy groups -OCH3 is 4. The number of hydrogen-bond donors (Lipinski definition) is 0. The van der Waals surface area contributed by atoms with E-state index in [1.807, 2.05) is 0 Å². The topological polar surface area (TPSA) is 49.8 Å². The maximum absolute atomic E-state index is 5.08. The van der Waals surface area contributed by atoms with Gasteiger partial charge in [-0.05, 0) is 12.1 Å². The third kappa shape index (κ3) is 2.57. The zero-order valence-corrected chi connectivity index (χ0v) is 9.31. The van der Waals surface area contributed by atoms with Crippen LogP contribution in [0.25, 0.3) is 0 Å². The van der Waals surface area contributed by atoms with E-state index in [0.29, 0.717) is 17.3 Å². The Morgan fingerprint density at radius 2 is 1.67 bits per heavy atom. The minimum absolute atomic E-state index is 0.411. The summed E-state index contributed by atoms with van der Waals surface area (Å²) in [5.74, 6) is 0.987. The van der Waals surface area contributed by atoms with Gasteiger partial charge in [-0.3, -0.25) is 0 Å². The first-order chi connectivity index (χ1) is 7.26. The number of pyridine rings is 1. The summed E-state index contributed by atoms with van der Waals surface area (Å²) in [5, 5.41) is 0. The molecule has 1 rings (SSSR count). The molecule has 0 aliphatic rings. The lowest BCUT2D eigenvalue weighted by Gasteiger charge is -2.14. The van der Waals surface area contributed by atoms with Gasteiger partial charge in [-0.25, -0.2) is 4.98 Å². The molecule has 0 saturated heterocycles. The fourth-order valence-electron chi connectivity index (χ4n) is 1.21. The molecule has 1 aromatic heterocycles. The van der Waals surface area contributed by atoms with Gasteiger partial charge in [-0.2, -0.15) is 0 Å². The van der Waals surface area contributed by atoms with Crippen LogP contribution >= 0.6 is 0 Å². The molecule has 0 atom stereocenters. The average molecular weight is 213 g/mol. The van der Waals surface area contributed by atoms with Gasteiger partial charge in [0.05, 0.1) is 14.2 Å². The number of nitrogens with zero attached hydrogens (tertiary/aromatic N) is 1. The highest BCUT2D eigenvalue weighted by molar-refractivity contribution is 5.34. The molecule has 0 aliphatic carbocycles. The molecule has 84 valence electrons. The predicted molar refractivity (Wildman–Crippen MR) is 54.1 cm³/mol. The lowest BCUT2D eigenvalue weighted by Crippen LogP contribution is -2.07. The van der Waals surface area contributed by atoms with Crippen LogP contribution in [0.3, 0.4) is 0 Å². The highest BCUT2D eigenvalue weighted by Gasteiger charge is 2.14. The second-order valence-electron chi connectivity index (χ2n) is 2.75. The van der Waals surface area contributed by atoms with Crippen LogP contribution in [0.15, 0.2) is 12.1 Å². The standard InChI is InChI=1S/C10H15NO4/c1-12-8-6-5-7(10(14-3)15-4)11-9(8)13-2/h5-6,10H,1-4H3. The third-order valence-corrected chi connectivity index (χ3v) is 1.93. The summed E-state index contributed by atoms with van der Waals surface area (Å²) in [6.07, 6.45) is -0.496. The van der Waals surface area contributed by atoms with Crippen molar-refractivity contribution in [1.82, 2.24) is 4.98 Å². The van der Waals surface area contributed by atoms with Gasteiger partial charge in [0.1, 0.15) is 5.69 Å². The highest BCUT2D eigenvalue weighted by Crippen LogP contribution is 2.27. The van der Waals surface area contributed by atoms with Crippen molar-refractivity contribution in [3.8, 4) is 11.6 Å². The monoisotopic (exact) mass is 213 g/mol. The van der Waals surface area contributed by atoms with Gasteiger partial charge in [-0.15, -0.1) is 0 Å². The van der Waals surface area contributed by atoms with E-state index < -0.39 is 6.29 Å². The molecule has 0 amide bonds. The van der Waals surface area contributed by atoms with Crippen LogP contribution in [0.5, 0.6) is 11.6 Å². The molecule has 15 heavy (non-hydrogen) atoms. The van der Waals surface area contributed by atoms with Gasteiger partial charge in [-0.1, -0.05) is 0 Å². The van der Waals surface area contributed by atoms with Gasteiger partial charge in [0.2, 0.25) is 6.29 Å². The molecule has 1 heterocycles. The van der Waals surface area contributed by atoms with E-state index in [1.165, 1.54) is 7.11 Å². The van der Waals surface area contributed by atoms with Crippen molar-refractivity contribution in [2.24, 2.45) is 0 Å². The van der Waals surface area contributed by atoms with E-state index in [4.69, 9.17) is 18.9 Å². The Labute approximate surface area is 88.9 Å². The summed E-state index contributed by atoms with van der Waals surface area (Å²) in [5.41, 5.74) is 0.637. The Kier molecular flexibility index (Phi) is 4.33. The first-order valence-electron chi connectivity index (χ1n) is 4.41. The van der Waals surface area contributed by atoms with Crippen LogP contribution in [0.4, 0.5) is 0 Å². The van der Waals surface area contributed by atoms with Crippen molar-refractivity contribution in [3.05, 3.63) is 17.8 Å². The van der Waals surface area contributed by atoms with E-state index in [1.54, 1.807) is 33.5 Å². The van der Waals surface area contributed by atoms with Crippen LogP contribution in [-0.2, 0) is 9.47 Å². The zero-order valence-electron chi connectivity index (χ0n) is 9.31. The highest BCUT2D eigenvalue weighted by atomic mass is 16.7. The van der Waals surface area contributed by atoms with Crippen molar-refractivity contribution in [3.63, 3.8) is 0 Å². The normalized spacial score (nSPS) is 10.5. The van der Waals surface area contributed by atoms with E-state index in [0.717, 1.165) is 0 Å². The first kappa shape index (κ1) is 11.7. The van der Waals surface area contributed by atoms with Gasteiger partial charge >= 0.3 is 0 Å². The molecule has 1 aromatic rings. The summed E-state index contributed by atoms with van der Waals surface area (Å²) in [4.78, 5) is 4.21. The smallest absolute Gasteiger partial charge is 0.257 e. The fraction of sp³-hybridized carbons (Fsp3) is 0.500. The Morgan fingerprint density at radius 1 is 1.00 bits per heavy atom. The number of hydrogen-bond acceptors (Lipinski definition) is 5. The van der Waals surface area contributed by atoms with Crippen LogP contribution in [0.2, 0.25) is 0 Å². The van der Waals surface area contributed by atoms with Crippen LogP contribution < -0.4 is 9.47 Å². The molecule has 5 nitrogen and oxygen atoms in total. The summed E-state index contributed by atoms with van der Waals surface area (Å²) >= 11 is 0. The summed E-state index contributed by atoms with van der Waals surface area (Å²) in [6.45, 7) is 0. The SMILES string of the molecule is COc1ccc(C(OC)OC)nc1OC. The molecule has 0 aromatic carbocycles. The predicted octanol–water partition coefficient (Wildman–Crippen LogP) is 1.39. The van der Waals surface area contributed by atoms with E-state index in [9.17, 15) is 0 Å². The van der Waals surface area contributed by atoms with Gasteiger partial charge in [0.15, 0.2) is 5.75 Å². The molecule has 5 heteroatoms. The lowest BCUT2D eigenvalue weighted by atomic mass is 10.3. The second-order valence-corrected chi connectivity index (χ2v) is 2.75. The van der Waals surface area contributed by atoms with Crippen LogP contribution in [-0.4, -0.2) is 33.4 Å². The van der Waals surface area contributed by atoms with E-state index in [-0.39, 0.29) is 0 Å². The third-order valence-electron chi connectivity index (χ3n) is 1.93. The molecule has 0 radical (unpaired) electrons. The van der Waals surface area contributed by atoms with E-state index >= 15 is 0 Å². The molecule has 0 aliphatic heterocycles. The Morgan fingerprint density at radius 3 is 2.13 bits per heavy atom. The van der Waals surface area contributed by atoms with E-state index in [2.05, 4.69) is 4.98 Å². The molecule has 0 spiro atoms. The van der Waals surface area contributed by atoms with Crippen LogP contribution in [0, 0.1) is 0 Å². The lowest BCUT2D eigenvalue weighted by molar-refractivity contribution is -0.108. The fourth-order valence-corrected chi connectivity index (χ4v) is 1.21. The van der Waals surface area contributed by atoms with Gasteiger partial charge in [0.25, 0.3) is 5.88 Å². The molecular weight excluding hydrogens is 198 g/mol. The summed E-state index contributed by atoms with van der Waals surface area (Å²) < 4.78 is 20.3. The van der Waals surface area contributed by atoms with Gasteiger partial charge < -0.3 is 18.9 Å². The van der Waals surface area contributed by atoms with Crippen molar-refractivity contribution in [2.75, 3.05) is 28.4 Å². The minimum Gasteiger partial charge on any atom is -0.491 e. The maximum atomic E-state index is 5.08. The molecule has 0 N–H and O–H groups in total. The molecule has 0 bridgehead atoms. The second kappa shape index (κ2) is 5.53. The van der Waals surface area contributed by atoms with Crippen molar-refractivity contribution < 1.29 is 18.9 Å². The first-order valence-corrected chi connectivity index (χ1v) is 4.41. The zero-order chi connectivity index (χ0) is 11.3. The van der Waals surface area contributed by atoms with Crippen molar-refractivity contribution in [1.29, 1.82) is 0 Å². The summed E-state index contributed by atoms with van der Waals surface area (Å²) in [7, 11) is 6.19. The Bertz CT molecular complexity index is 312. The van der Waals surface area contributed by atoms with Crippen LogP contribution in [0.1, 0.15) is 12.0 Å². The molecular formula is C10H15NO4. The minimum atomic E-state index is -0.496. The molecule has 0 saturated carbocycles. The van der Waals surface area contributed by atoms with Gasteiger partial charge in [0, 0.05) is 14.2 Å². The summed E-state index contributed by atoms with van der Waals surface area (Å²) in [6, 6.07) is 3.52. The maximum Gasteiger partial charge on any atom is 0.257 e. The number of rotatable bonds is 5. The Balaban J connectivity index is 3.01. The number of ether oxygens (including phenoxy) is 4. The van der Waals surface area contributed by atoms with Crippen molar-refractivity contribution >= 4 is 0 Å². The Hall–Kier alpha value is -1.33. The van der Waals surface area contributed by atoms with Crippen molar-refractivity contribution in [2.45, 2.75) is 6.29 Å². The quantitative estimate of drug-likeness (QED) is 0.692. The average Bonchev–Trinajstić information content (AvgIpc) is 2.30. The molecule has 0 unspecified atom stereocenters.